The molecule has 0 atom stereocenters. The molecule has 5 heteroatoms. The lowest BCUT2D eigenvalue weighted by Crippen LogP contribution is -2.14. The molecule has 0 aliphatic carbocycles. The Bertz CT molecular complexity index is 628. The van der Waals surface area contributed by atoms with Gasteiger partial charge in [-0.25, -0.2) is 0 Å². The maximum absolute atomic E-state index is 12.1. The van der Waals surface area contributed by atoms with Crippen molar-refractivity contribution in [3.63, 3.8) is 0 Å². The fourth-order valence-corrected chi connectivity index (χ4v) is 2.02. The number of anilines is 2. The highest BCUT2D eigenvalue weighted by Crippen LogP contribution is 2.16. The van der Waals surface area contributed by atoms with Gasteiger partial charge < -0.3 is 10.6 Å². The van der Waals surface area contributed by atoms with Crippen LogP contribution in [-0.2, 0) is 0 Å². The lowest BCUT2D eigenvalue weighted by molar-refractivity contribution is 0.102. The number of carbonyl (C=O) groups is 1. The molecule has 2 aromatic rings. The summed E-state index contributed by atoms with van der Waals surface area (Å²) < 4.78 is 0.907. The fourth-order valence-electron chi connectivity index (χ4n) is 1.62. The number of amides is 1. The van der Waals surface area contributed by atoms with Crippen molar-refractivity contribution in [1.82, 2.24) is 4.98 Å². The SMILES string of the molecule is C=CCNc1ccnc(C(=O)Nc2cccc(Br)c2)c1. The molecule has 0 saturated carbocycles. The van der Waals surface area contributed by atoms with E-state index in [4.69, 9.17) is 0 Å². The first kappa shape index (κ1) is 14.3. The predicted molar refractivity (Wildman–Crippen MR) is 85.0 cm³/mol. The summed E-state index contributed by atoms with van der Waals surface area (Å²) in [4.78, 5) is 16.2. The summed E-state index contributed by atoms with van der Waals surface area (Å²) in [5, 5.41) is 5.92. The van der Waals surface area contributed by atoms with Gasteiger partial charge in [0.1, 0.15) is 5.69 Å². The van der Waals surface area contributed by atoms with Crippen molar-refractivity contribution in [2.24, 2.45) is 0 Å². The maximum atomic E-state index is 12.1. The third-order valence-corrected chi connectivity index (χ3v) is 3.02. The number of halogens is 1. The summed E-state index contributed by atoms with van der Waals surface area (Å²) in [5.74, 6) is -0.245. The third-order valence-electron chi connectivity index (χ3n) is 2.53. The molecule has 2 N–H and O–H groups in total. The van der Waals surface area contributed by atoms with E-state index >= 15 is 0 Å². The van der Waals surface area contributed by atoms with Gasteiger partial charge >= 0.3 is 0 Å². The van der Waals surface area contributed by atoms with Crippen LogP contribution in [0.5, 0.6) is 0 Å². The van der Waals surface area contributed by atoms with Crippen LogP contribution in [0.1, 0.15) is 10.5 Å². The number of nitrogens with zero attached hydrogens (tertiary/aromatic N) is 1. The van der Waals surface area contributed by atoms with Crippen LogP contribution < -0.4 is 10.6 Å². The number of carbonyl (C=O) groups excluding carboxylic acids is 1. The van der Waals surface area contributed by atoms with Crippen LogP contribution in [0, 0.1) is 0 Å². The number of hydrogen-bond donors (Lipinski definition) is 2. The molecular weight excluding hydrogens is 318 g/mol. The fraction of sp³-hybridized carbons (Fsp3) is 0.0667. The average Bonchev–Trinajstić information content (AvgIpc) is 2.45. The maximum Gasteiger partial charge on any atom is 0.274 e. The normalized spacial score (nSPS) is 9.85. The number of aromatic nitrogens is 1. The van der Waals surface area contributed by atoms with E-state index in [9.17, 15) is 4.79 Å². The van der Waals surface area contributed by atoms with Crippen molar-refractivity contribution in [2.45, 2.75) is 0 Å². The van der Waals surface area contributed by atoms with Crippen molar-refractivity contribution >= 4 is 33.2 Å². The number of hydrogen-bond acceptors (Lipinski definition) is 3. The zero-order chi connectivity index (χ0) is 14.4. The number of rotatable bonds is 5. The van der Waals surface area contributed by atoms with Crippen LogP contribution in [0.15, 0.2) is 59.7 Å². The monoisotopic (exact) mass is 331 g/mol. The second kappa shape index (κ2) is 6.86. The van der Waals surface area contributed by atoms with Crippen LogP contribution in [0.3, 0.4) is 0 Å². The van der Waals surface area contributed by atoms with E-state index in [1.165, 1.54) is 0 Å². The number of pyridine rings is 1. The Morgan fingerprint density at radius 3 is 2.90 bits per heavy atom. The molecule has 0 radical (unpaired) electrons. The van der Waals surface area contributed by atoms with E-state index in [2.05, 4.69) is 38.1 Å². The van der Waals surface area contributed by atoms with Gasteiger partial charge in [-0.1, -0.05) is 28.1 Å². The summed E-state index contributed by atoms with van der Waals surface area (Å²) in [5.41, 5.74) is 1.91. The first-order valence-corrected chi connectivity index (χ1v) is 6.86. The van der Waals surface area contributed by atoms with Crippen LogP contribution in [0.2, 0.25) is 0 Å². The topological polar surface area (TPSA) is 54.0 Å². The Morgan fingerprint density at radius 1 is 1.30 bits per heavy atom. The lowest BCUT2D eigenvalue weighted by Gasteiger charge is -2.07. The standard InChI is InChI=1S/C15H14BrN3O/c1-2-7-17-12-6-8-18-14(10-12)15(20)19-13-5-3-4-11(16)9-13/h2-6,8-10H,1,7H2,(H,17,18)(H,19,20). The number of nitrogens with one attached hydrogen (secondary N) is 2. The molecule has 0 spiro atoms. The quantitative estimate of drug-likeness (QED) is 0.821. The molecule has 0 aliphatic heterocycles. The first-order chi connectivity index (χ1) is 9.69. The molecule has 1 amide bonds. The summed E-state index contributed by atoms with van der Waals surface area (Å²) in [6.45, 7) is 4.27. The average molecular weight is 332 g/mol. The zero-order valence-corrected chi connectivity index (χ0v) is 12.4. The van der Waals surface area contributed by atoms with Gasteiger partial charge in [0.2, 0.25) is 0 Å². The van der Waals surface area contributed by atoms with Crippen molar-refractivity contribution < 1.29 is 4.79 Å². The lowest BCUT2D eigenvalue weighted by atomic mass is 10.2. The van der Waals surface area contributed by atoms with Gasteiger partial charge in [0.25, 0.3) is 5.91 Å². The Labute approximate surface area is 126 Å². The highest BCUT2D eigenvalue weighted by molar-refractivity contribution is 9.10. The van der Waals surface area contributed by atoms with Crippen LogP contribution in [-0.4, -0.2) is 17.4 Å². The summed E-state index contributed by atoms with van der Waals surface area (Å²) in [7, 11) is 0. The van der Waals surface area contributed by atoms with Crippen molar-refractivity contribution in [3.05, 3.63) is 65.4 Å². The molecule has 102 valence electrons. The second-order valence-corrected chi connectivity index (χ2v) is 4.98. The minimum atomic E-state index is -0.245. The molecule has 20 heavy (non-hydrogen) atoms. The third kappa shape index (κ3) is 3.93. The Hall–Kier alpha value is -2.14. The van der Waals surface area contributed by atoms with Crippen LogP contribution in [0.4, 0.5) is 11.4 Å². The summed E-state index contributed by atoms with van der Waals surface area (Å²) in [6, 6.07) is 10.9. The molecule has 0 aliphatic rings. The Kier molecular flexibility index (Phi) is 4.90. The van der Waals surface area contributed by atoms with Gasteiger partial charge in [-0.15, -0.1) is 6.58 Å². The molecule has 0 unspecified atom stereocenters. The zero-order valence-electron chi connectivity index (χ0n) is 10.8. The Morgan fingerprint density at radius 2 is 2.15 bits per heavy atom. The minimum Gasteiger partial charge on any atom is -0.381 e. The molecule has 4 nitrogen and oxygen atoms in total. The van der Waals surface area contributed by atoms with Crippen LogP contribution in [0.25, 0.3) is 0 Å². The molecule has 0 fully saturated rings. The van der Waals surface area contributed by atoms with E-state index in [1.807, 2.05) is 24.3 Å². The van der Waals surface area contributed by atoms with Gasteiger partial charge in [-0.05, 0) is 30.3 Å². The first-order valence-electron chi connectivity index (χ1n) is 6.07. The van der Waals surface area contributed by atoms with Gasteiger partial charge in [0, 0.05) is 28.6 Å². The minimum absolute atomic E-state index is 0.245. The highest BCUT2D eigenvalue weighted by atomic mass is 79.9. The molecule has 1 heterocycles. The molecular formula is C15H14BrN3O. The summed E-state index contributed by atoms with van der Waals surface area (Å²) in [6.07, 6.45) is 3.35. The van der Waals surface area contributed by atoms with Crippen molar-refractivity contribution in [3.8, 4) is 0 Å². The highest BCUT2D eigenvalue weighted by Gasteiger charge is 2.08. The smallest absolute Gasteiger partial charge is 0.274 e. The van der Waals surface area contributed by atoms with Gasteiger partial charge in [-0.2, -0.15) is 0 Å². The summed E-state index contributed by atoms with van der Waals surface area (Å²) >= 11 is 3.36. The molecule has 2 rings (SSSR count). The Balaban J connectivity index is 2.10. The molecule has 1 aromatic heterocycles. The van der Waals surface area contributed by atoms with Gasteiger partial charge in [0.05, 0.1) is 0 Å². The van der Waals surface area contributed by atoms with Crippen LogP contribution >= 0.6 is 15.9 Å². The van der Waals surface area contributed by atoms with E-state index in [-0.39, 0.29) is 5.91 Å². The van der Waals surface area contributed by atoms with Gasteiger partial charge in [-0.3, -0.25) is 9.78 Å². The number of benzene rings is 1. The van der Waals surface area contributed by atoms with E-state index in [1.54, 1.807) is 24.4 Å². The molecule has 0 saturated heterocycles. The largest absolute Gasteiger partial charge is 0.381 e. The van der Waals surface area contributed by atoms with Gasteiger partial charge in [0.15, 0.2) is 0 Å². The molecule has 1 aromatic carbocycles. The van der Waals surface area contributed by atoms with Crippen molar-refractivity contribution in [1.29, 1.82) is 0 Å². The second-order valence-electron chi connectivity index (χ2n) is 4.06. The van der Waals surface area contributed by atoms with Crippen molar-refractivity contribution in [2.75, 3.05) is 17.2 Å². The van der Waals surface area contributed by atoms with E-state index in [0.717, 1.165) is 15.8 Å². The predicted octanol–water partition coefficient (Wildman–Crippen LogP) is 3.69. The van der Waals surface area contributed by atoms with E-state index in [0.29, 0.717) is 12.2 Å². The van der Waals surface area contributed by atoms with E-state index < -0.39 is 0 Å². The molecule has 0 bridgehead atoms.